The second kappa shape index (κ2) is 6.22. The number of carboxylic acids is 1. The van der Waals surface area contributed by atoms with Crippen LogP contribution in [0, 0.1) is 0 Å². The minimum absolute atomic E-state index is 0.00496. The monoisotopic (exact) mass is 394 g/mol. The van der Waals surface area contributed by atoms with Crippen LogP contribution in [0.15, 0.2) is 34.8 Å². The Balaban J connectivity index is 2.48. The van der Waals surface area contributed by atoms with Crippen LogP contribution >= 0.6 is 50.7 Å². The highest BCUT2D eigenvalue weighted by Gasteiger charge is 2.17. The number of aromatic carboxylic acids is 1. The van der Waals surface area contributed by atoms with Gasteiger partial charge in [0.15, 0.2) is 0 Å². The number of hydrogen-bond donors (Lipinski definition) is 1. The molecule has 0 bridgehead atoms. The largest absolute Gasteiger partial charge is 0.478 e. The summed E-state index contributed by atoms with van der Waals surface area (Å²) in [6.45, 7) is 0. The molecule has 2 aromatic carbocycles. The second-order valence-electron chi connectivity index (χ2n) is 3.72. The third kappa shape index (κ3) is 3.20. The number of rotatable bonds is 3. The van der Waals surface area contributed by atoms with Crippen LogP contribution in [0.1, 0.15) is 10.4 Å². The molecule has 0 spiro atoms. The number of hydrogen-bond acceptors (Lipinski definition) is 2. The summed E-state index contributed by atoms with van der Waals surface area (Å²) in [6.07, 6.45) is 0. The molecule has 20 heavy (non-hydrogen) atoms. The molecule has 0 aromatic heterocycles. The van der Waals surface area contributed by atoms with Crippen molar-refractivity contribution in [3.8, 4) is 11.5 Å². The summed E-state index contributed by atoms with van der Waals surface area (Å²) in [5.74, 6) is -0.752. The van der Waals surface area contributed by atoms with Gasteiger partial charge in [-0.05, 0) is 34.1 Å². The lowest BCUT2D eigenvalue weighted by molar-refractivity contribution is 0.0693. The van der Waals surface area contributed by atoms with Gasteiger partial charge in [0.1, 0.15) is 17.1 Å². The molecule has 0 fully saturated rings. The third-order valence-corrected chi connectivity index (χ3v) is 4.06. The molecule has 0 aliphatic carbocycles. The molecule has 0 atom stereocenters. The van der Waals surface area contributed by atoms with E-state index in [0.29, 0.717) is 4.47 Å². The quantitative estimate of drug-likeness (QED) is 0.657. The van der Waals surface area contributed by atoms with Crippen molar-refractivity contribution in [2.24, 2.45) is 0 Å². The number of benzene rings is 2. The lowest BCUT2D eigenvalue weighted by Crippen LogP contribution is -2.01. The standard InChI is InChI=1S/C13H6BrCl3O3/c14-6-2-1-3-10(12(6)13(18)19)20-11-5-8(16)7(15)4-9(11)17/h1-5H,(H,18,19). The second-order valence-corrected chi connectivity index (χ2v) is 5.79. The predicted molar refractivity (Wildman–Crippen MR) is 82.6 cm³/mol. The van der Waals surface area contributed by atoms with E-state index < -0.39 is 5.97 Å². The number of carbonyl (C=O) groups is 1. The molecule has 0 amide bonds. The van der Waals surface area contributed by atoms with E-state index in [2.05, 4.69) is 15.9 Å². The van der Waals surface area contributed by atoms with Gasteiger partial charge in [-0.1, -0.05) is 40.9 Å². The highest BCUT2D eigenvalue weighted by atomic mass is 79.9. The summed E-state index contributed by atoms with van der Waals surface area (Å²) in [5, 5.41) is 9.99. The fraction of sp³-hybridized carbons (Fsp3) is 0. The van der Waals surface area contributed by atoms with Gasteiger partial charge in [-0.2, -0.15) is 0 Å². The van der Waals surface area contributed by atoms with Crippen LogP contribution in [0.5, 0.6) is 11.5 Å². The highest BCUT2D eigenvalue weighted by molar-refractivity contribution is 9.10. The van der Waals surface area contributed by atoms with Crippen molar-refractivity contribution in [3.05, 3.63) is 55.4 Å². The van der Waals surface area contributed by atoms with E-state index in [1.165, 1.54) is 18.2 Å². The first-order valence-corrected chi connectivity index (χ1v) is 7.17. The summed E-state index contributed by atoms with van der Waals surface area (Å²) in [5.41, 5.74) is -0.00496. The van der Waals surface area contributed by atoms with E-state index >= 15 is 0 Å². The van der Waals surface area contributed by atoms with E-state index in [1.54, 1.807) is 12.1 Å². The number of halogens is 4. The molecule has 7 heteroatoms. The smallest absolute Gasteiger partial charge is 0.340 e. The van der Waals surface area contributed by atoms with Crippen molar-refractivity contribution in [3.63, 3.8) is 0 Å². The topological polar surface area (TPSA) is 46.5 Å². The molecule has 2 aromatic rings. The predicted octanol–water partition coefficient (Wildman–Crippen LogP) is 5.90. The van der Waals surface area contributed by atoms with Crippen molar-refractivity contribution in [2.75, 3.05) is 0 Å². The van der Waals surface area contributed by atoms with Gasteiger partial charge in [0.2, 0.25) is 0 Å². The molecule has 1 N–H and O–H groups in total. The highest BCUT2D eigenvalue weighted by Crippen LogP contribution is 2.38. The Kier molecular flexibility index (Phi) is 4.81. The Morgan fingerprint density at radius 2 is 1.70 bits per heavy atom. The van der Waals surface area contributed by atoms with Crippen LogP contribution in [-0.4, -0.2) is 11.1 Å². The van der Waals surface area contributed by atoms with Crippen molar-refractivity contribution in [2.45, 2.75) is 0 Å². The van der Waals surface area contributed by atoms with Crippen molar-refractivity contribution in [1.82, 2.24) is 0 Å². The molecular weight excluding hydrogens is 390 g/mol. The van der Waals surface area contributed by atoms with Gasteiger partial charge in [0, 0.05) is 10.5 Å². The first-order valence-electron chi connectivity index (χ1n) is 5.24. The zero-order valence-corrected chi connectivity index (χ0v) is 13.5. The Bertz CT molecular complexity index is 689. The summed E-state index contributed by atoms with van der Waals surface area (Å²) in [6, 6.07) is 7.63. The zero-order chi connectivity index (χ0) is 14.9. The molecule has 0 unspecified atom stereocenters. The van der Waals surface area contributed by atoms with Crippen LogP contribution in [0.3, 0.4) is 0 Å². The third-order valence-electron chi connectivity index (χ3n) is 2.38. The fourth-order valence-corrected chi connectivity index (χ4v) is 2.59. The molecule has 104 valence electrons. The zero-order valence-electron chi connectivity index (χ0n) is 9.66. The number of carboxylic acid groups (broad SMARTS) is 1. The lowest BCUT2D eigenvalue weighted by atomic mass is 10.2. The van der Waals surface area contributed by atoms with Gasteiger partial charge in [-0.25, -0.2) is 4.79 Å². The van der Waals surface area contributed by atoms with Gasteiger partial charge in [-0.15, -0.1) is 0 Å². The molecule has 0 radical (unpaired) electrons. The Labute approximate surface area is 138 Å². The van der Waals surface area contributed by atoms with E-state index in [-0.39, 0.29) is 32.1 Å². The van der Waals surface area contributed by atoms with E-state index in [9.17, 15) is 9.90 Å². The molecule has 3 nitrogen and oxygen atoms in total. The summed E-state index contributed by atoms with van der Waals surface area (Å²) in [7, 11) is 0. The maximum atomic E-state index is 11.2. The van der Waals surface area contributed by atoms with E-state index in [0.717, 1.165) is 0 Å². The molecule has 2 rings (SSSR count). The van der Waals surface area contributed by atoms with Gasteiger partial charge in [0.05, 0.1) is 15.1 Å². The Morgan fingerprint density at radius 1 is 1.05 bits per heavy atom. The van der Waals surface area contributed by atoms with Gasteiger partial charge < -0.3 is 9.84 Å². The summed E-state index contributed by atoms with van der Waals surface area (Å²) in [4.78, 5) is 11.2. The van der Waals surface area contributed by atoms with Crippen LogP contribution in [0.25, 0.3) is 0 Å². The van der Waals surface area contributed by atoms with Crippen LogP contribution in [0.2, 0.25) is 15.1 Å². The van der Waals surface area contributed by atoms with Crippen LogP contribution in [-0.2, 0) is 0 Å². The van der Waals surface area contributed by atoms with Crippen molar-refractivity contribution >= 4 is 56.7 Å². The minimum Gasteiger partial charge on any atom is -0.478 e. The summed E-state index contributed by atoms with van der Waals surface area (Å²) >= 11 is 20.9. The van der Waals surface area contributed by atoms with E-state index in [4.69, 9.17) is 39.5 Å². The minimum atomic E-state index is -1.12. The summed E-state index contributed by atoms with van der Waals surface area (Å²) < 4.78 is 5.93. The molecule has 0 aliphatic rings. The van der Waals surface area contributed by atoms with Gasteiger partial charge in [-0.3, -0.25) is 0 Å². The van der Waals surface area contributed by atoms with Crippen LogP contribution < -0.4 is 4.74 Å². The normalized spacial score (nSPS) is 10.4. The average molecular weight is 396 g/mol. The molecular formula is C13H6BrCl3O3. The first-order chi connectivity index (χ1) is 9.40. The maximum Gasteiger partial charge on any atom is 0.340 e. The van der Waals surface area contributed by atoms with Gasteiger partial charge >= 0.3 is 5.97 Å². The van der Waals surface area contributed by atoms with Crippen molar-refractivity contribution in [1.29, 1.82) is 0 Å². The van der Waals surface area contributed by atoms with Crippen molar-refractivity contribution < 1.29 is 14.6 Å². The molecule has 0 saturated heterocycles. The molecule has 0 heterocycles. The molecule has 0 aliphatic heterocycles. The fourth-order valence-electron chi connectivity index (χ4n) is 1.50. The maximum absolute atomic E-state index is 11.2. The first kappa shape index (κ1) is 15.4. The van der Waals surface area contributed by atoms with E-state index in [1.807, 2.05) is 0 Å². The Hall–Kier alpha value is -0.940. The van der Waals surface area contributed by atoms with Gasteiger partial charge in [0.25, 0.3) is 0 Å². The number of ether oxygens (including phenoxy) is 1. The van der Waals surface area contributed by atoms with Crippen LogP contribution in [0.4, 0.5) is 0 Å². The Morgan fingerprint density at radius 3 is 2.35 bits per heavy atom. The molecule has 0 saturated carbocycles. The lowest BCUT2D eigenvalue weighted by Gasteiger charge is -2.12. The SMILES string of the molecule is O=C(O)c1c(Br)cccc1Oc1cc(Cl)c(Cl)cc1Cl. The average Bonchev–Trinajstić information content (AvgIpc) is 2.35.